The fourth-order valence-electron chi connectivity index (χ4n) is 3.94. The Morgan fingerprint density at radius 1 is 1.14 bits per heavy atom. The van der Waals surface area contributed by atoms with Crippen molar-refractivity contribution in [2.24, 2.45) is 0 Å². The van der Waals surface area contributed by atoms with E-state index in [1.807, 2.05) is 36.4 Å². The monoisotopic (exact) mass is 374 g/mol. The van der Waals surface area contributed by atoms with Crippen molar-refractivity contribution < 1.29 is 14.3 Å². The number of hydrogen-bond acceptors (Lipinski definition) is 5. The highest BCUT2D eigenvalue weighted by atomic mass is 16.5. The lowest BCUT2D eigenvalue weighted by atomic mass is 9.89. The van der Waals surface area contributed by atoms with Gasteiger partial charge in [0, 0.05) is 19.2 Å². The summed E-state index contributed by atoms with van der Waals surface area (Å²) in [6, 6.07) is 14.5. The summed E-state index contributed by atoms with van der Waals surface area (Å²) in [5.41, 5.74) is 1.70. The number of likely N-dealkylation sites (tertiary alicyclic amines) is 1. The molecule has 28 heavy (non-hydrogen) atoms. The van der Waals surface area contributed by atoms with Gasteiger partial charge in [0.1, 0.15) is 22.7 Å². The molecule has 0 saturated carbocycles. The normalized spacial score (nSPS) is 20.9. The van der Waals surface area contributed by atoms with Crippen molar-refractivity contribution in [1.29, 1.82) is 0 Å². The van der Waals surface area contributed by atoms with E-state index >= 15 is 0 Å². The van der Waals surface area contributed by atoms with Crippen LogP contribution in [-0.2, 0) is 0 Å². The van der Waals surface area contributed by atoms with E-state index in [2.05, 4.69) is 15.2 Å². The van der Waals surface area contributed by atoms with Gasteiger partial charge in [-0.1, -0.05) is 18.2 Å². The number of benzene rings is 1. The average Bonchev–Trinajstić information content (AvgIpc) is 3.36. The number of nitrogens with one attached hydrogen (secondary N) is 1. The highest BCUT2D eigenvalue weighted by Gasteiger charge is 2.47. The van der Waals surface area contributed by atoms with Crippen molar-refractivity contribution in [3.8, 4) is 17.1 Å². The third-order valence-corrected chi connectivity index (χ3v) is 5.34. The molecule has 1 N–H and O–H groups in total. The topological polar surface area (TPSA) is 88.2 Å². The van der Waals surface area contributed by atoms with Gasteiger partial charge in [0.25, 0.3) is 5.91 Å². The quantitative estimate of drug-likeness (QED) is 0.745. The van der Waals surface area contributed by atoms with Crippen molar-refractivity contribution in [3.05, 3.63) is 66.0 Å². The Morgan fingerprint density at radius 3 is 2.86 bits per heavy atom. The van der Waals surface area contributed by atoms with Crippen molar-refractivity contribution in [2.75, 3.05) is 13.1 Å². The number of carbonyl (C=O) groups excluding carboxylic acids is 2. The van der Waals surface area contributed by atoms with E-state index in [4.69, 9.17) is 4.74 Å². The molecule has 0 bridgehead atoms. The van der Waals surface area contributed by atoms with E-state index in [1.54, 1.807) is 23.2 Å². The smallest absolute Gasteiger partial charge is 0.272 e. The SMILES string of the molecule is O=C1C[C@@]2(CCN(C(=O)c3cc(-c4ccccn4)n[nH]3)C2)Oc2ccccc21. The second-order valence-electron chi connectivity index (χ2n) is 7.24. The molecule has 5 rings (SSSR count). The summed E-state index contributed by atoms with van der Waals surface area (Å²) in [6.07, 6.45) is 2.60. The lowest BCUT2D eigenvalue weighted by Crippen LogP contribution is -2.45. The van der Waals surface area contributed by atoms with Gasteiger partial charge in [0.05, 0.1) is 24.2 Å². The second kappa shape index (κ2) is 6.30. The summed E-state index contributed by atoms with van der Waals surface area (Å²) in [5.74, 6) is 0.517. The van der Waals surface area contributed by atoms with Crippen LogP contribution in [0.5, 0.6) is 5.75 Å². The van der Waals surface area contributed by atoms with Crippen LogP contribution in [0.2, 0.25) is 0 Å². The fraction of sp³-hybridized carbons (Fsp3) is 0.238. The van der Waals surface area contributed by atoms with Crippen molar-refractivity contribution in [2.45, 2.75) is 18.4 Å². The Labute approximate surface area is 161 Å². The Morgan fingerprint density at radius 2 is 2.00 bits per heavy atom. The van der Waals surface area contributed by atoms with Gasteiger partial charge in [-0.05, 0) is 30.3 Å². The third kappa shape index (κ3) is 2.76. The molecule has 1 fully saturated rings. The fourth-order valence-corrected chi connectivity index (χ4v) is 3.94. The summed E-state index contributed by atoms with van der Waals surface area (Å²) in [7, 11) is 0. The lowest BCUT2D eigenvalue weighted by Gasteiger charge is -2.34. The van der Waals surface area contributed by atoms with Crippen LogP contribution in [-0.4, -0.2) is 50.5 Å². The number of carbonyl (C=O) groups is 2. The first kappa shape index (κ1) is 16.7. The van der Waals surface area contributed by atoms with Gasteiger partial charge in [-0.3, -0.25) is 19.7 Å². The van der Waals surface area contributed by atoms with Gasteiger partial charge in [0.2, 0.25) is 0 Å². The average molecular weight is 374 g/mol. The van der Waals surface area contributed by atoms with Crippen LogP contribution < -0.4 is 4.74 Å². The molecular formula is C21H18N4O3. The van der Waals surface area contributed by atoms with Crippen LogP contribution in [0.15, 0.2) is 54.7 Å². The first-order chi connectivity index (χ1) is 13.6. The maximum atomic E-state index is 12.9. The summed E-state index contributed by atoms with van der Waals surface area (Å²) in [4.78, 5) is 31.5. The summed E-state index contributed by atoms with van der Waals surface area (Å²) >= 11 is 0. The molecule has 0 aliphatic carbocycles. The minimum Gasteiger partial charge on any atom is -0.484 e. The molecule has 4 heterocycles. The van der Waals surface area contributed by atoms with Gasteiger partial charge < -0.3 is 9.64 Å². The van der Waals surface area contributed by atoms with Crippen LogP contribution in [0.4, 0.5) is 0 Å². The second-order valence-corrected chi connectivity index (χ2v) is 7.24. The zero-order chi connectivity index (χ0) is 19.1. The number of Topliss-reactive ketones (excluding diaryl/α,β-unsaturated/α-hetero) is 1. The molecule has 3 aromatic rings. The zero-order valence-corrected chi connectivity index (χ0v) is 15.1. The number of aromatic amines is 1. The molecule has 1 saturated heterocycles. The summed E-state index contributed by atoms with van der Waals surface area (Å²) in [6.45, 7) is 0.913. The van der Waals surface area contributed by atoms with Gasteiger partial charge in [-0.25, -0.2) is 0 Å². The molecule has 7 heteroatoms. The summed E-state index contributed by atoms with van der Waals surface area (Å²) in [5, 5.41) is 7.01. The number of H-pyrrole nitrogens is 1. The van der Waals surface area contributed by atoms with Gasteiger partial charge in [-0.15, -0.1) is 0 Å². The number of pyridine rings is 1. The predicted molar refractivity (Wildman–Crippen MR) is 101 cm³/mol. The molecular weight excluding hydrogens is 356 g/mol. The number of ether oxygens (including phenoxy) is 1. The number of para-hydroxylation sites is 1. The lowest BCUT2D eigenvalue weighted by molar-refractivity contribution is 0.0427. The van der Waals surface area contributed by atoms with Crippen LogP contribution in [0.3, 0.4) is 0 Å². The highest BCUT2D eigenvalue weighted by molar-refractivity contribution is 6.00. The molecule has 1 aromatic carbocycles. The molecule has 2 aliphatic rings. The number of ketones is 1. The molecule has 140 valence electrons. The maximum Gasteiger partial charge on any atom is 0.272 e. The number of nitrogens with zero attached hydrogens (tertiary/aromatic N) is 3. The first-order valence-electron chi connectivity index (χ1n) is 9.21. The Kier molecular flexibility index (Phi) is 3.75. The van der Waals surface area contributed by atoms with E-state index in [1.165, 1.54) is 0 Å². The molecule has 7 nitrogen and oxygen atoms in total. The van der Waals surface area contributed by atoms with Crippen molar-refractivity contribution >= 4 is 11.7 Å². The molecule has 0 radical (unpaired) electrons. The minimum atomic E-state index is -0.648. The highest BCUT2D eigenvalue weighted by Crippen LogP contribution is 2.38. The Hall–Kier alpha value is -3.48. The molecule has 0 unspecified atom stereocenters. The first-order valence-corrected chi connectivity index (χ1v) is 9.21. The van der Waals surface area contributed by atoms with E-state index in [0.717, 1.165) is 0 Å². The van der Waals surface area contributed by atoms with Crippen LogP contribution in [0.25, 0.3) is 11.4 Å². The van der Waals surface area contributed by atoms with Crippen molar-refractivity contribution in [3.63, 3.8) is 0 Å². The van der Waals surface area contributed by atoms with Gasteiger partial charge >= 0.3 is 0 Å². The van der Waals surface area contributed by atoms with E-state index in [9.17, 15) is 9.59 Å². The minimum absolute atomic E-state index is 0.0649. The predicted octanol–water partition coefficient (Wildman–Crippen LogP) is 2.72. The Balaban J connectivity index is 1.35. The third-order valence-electron chi connectivity index (χ3n) is 5.34. The molecule has 2 aliphatic heterocycles. The molecule has 1 spiro atoms. The van der Waals surface area contributed by atoms with Gasteiger partial charge in [0.15, 0.2) is 5.78 Å². The number of fused-ring (bicyclic) bond motifs is 1. The van der Waals surface area contributed by atoms with Gasteiger partial charge in [-0.2, -0.15) is 5.10 Å². The van der Waals surface area contributed by atoms with Crippen LogP contribution in [0.1, 0.15) is 33.7 Å². The number of hydrogen-bond donors (Lipinski definition) is 1. The maximum absolute atomic E-state index is 12.9. The van der Waals surface area contributed by atoms with E-state index in [-0.39, 0.29) is 18.1 Å². The van der Waals surface area contributed by atoms with Crippen LogP contribution in [0, 0.1) is 0 Å². The van der Waals surface area contributed by atoms with Crippen molar-refractivity contribution in [1.82, 2.24) is 20.1 Å². The number of rotatable bonds is 2. The van der Waals surface area contributed by atoms with Crippen LogP contribution >= 0.6 is 0 Å². The molecule has 1 atom stereocenters. The Bertz CT molecular complexity index is 1060. The number of amides is 1. The van der Waals surface area contributed by atoms with E-state index < -0.39 is 5.60 Å². The van der Waals surface area contributed by atoms with E-state index in [0.29, 0.717) is 47.9 Å². The summed E-state index contributed by atoms with van der Waals surface area (Å²) < 4.78 is 6.19. The molecule has 2 aromatic heterocycles. The molecule has 1 amide bonds. The largest absolute Gasteiger partial charge is 0.484 e. The standard InChI is InChI=1S/C21H18N4O3/c26-18-12-21(28-19-7-2-1-5-14(18)19)8-10-25(13-21)20(27)17-11-16(23-24-17)15-6-3-4-9-22-15/h1-7,9,11H,8,10,12-13H2,(H,23,24)/t21-/m1/s1. The number of aromatic nitrogens is 3. The zero-order valence-electron chi connectivity index (χ0n) is 15.1.